The Morgan fingerprint density at radius 1 is 1.18 bits per heavy atom. The van der Waals surface area contributed by atoms with Gasteiger partial charge in [-0.25, -0.2) is 18.4 Å². The molecule has 0 radical (unpaired) electrons. The van der Waals surface area contributed by atoms with Crippen molar-refractivity contribution in [3.8, 4) is 0 Å². The number of rotatable bonds is 6. The normalized spacial score (nSPS) is 15.9. The molecule has 1 atom stereocenters. The summed E-state index contributed by atoms with van der Waals surface area (Å²) in [5.41, 5.74) is -0.0784. The van der Waals surface area contributed by atoms with Crippen LogP contribution in [0.1, 0.15) is 44.6 Å². The lowest BCUT2D eigenvalue weighted by atomic mass is 9.84. The number of amides is 1. The Balaban J connectivity index is 1.74. The Morgan fingerprint density at radius 3 is 2.61 bits per heavy atom. The minimum atomic E-state index is -3.50. The van der Waals surface area contributed by atoms with Crippen LogP contribution in [0.25, 0.3) is 10.9 Å². The minimum absolute atomic E-state index is 0.0327. The van der Waals surface area contributed by atoms with Crippen LogP contribution in [-0.2, 0) is 14.6 Å². The maximum Gasteiger partial charge on any atom is 0.261 e. The average molecular weight is 489 g/mol. The first kappa shape index (κ1) is 23.4. The van der Waals surface area contributed by atoms with E-state index >= 15 is 0 Å². The Hall–Kier alpha value is -2.78. The number of aromatic nitrogens is 3. The van der Waals surface area contributed by atoms with E-state index in [9.17, 15) is 18.0 Å². The predicted molar refractivity (Wildman–Crippen MR) is 127 cm³/mol. The van der Waals surface area contributed by atoms with Gasteiger partial charge in [-0.05, 0) is 42.7 Å². The highest BCUT2D eigenvalue weighted by Crippen LogP contribution is 2.31. The van der Waals surface area contributed by atoms with Gasteiger partial charge in [-0.1, -0.05) is 43.7 Å². The number of halogens is 1. The molecule has 1 fully saturated rings. The molecule has 1 aliphatic carbocycles. The van der Waals surface area contributed by atoms with E-state index in [4.69, 9.17) is 11.6 Å². The van der Waals surface area contributed by atoms with Gasteiger partial charge in [-0.15, -0.1) is 0 Å². The second-order valence-corrected chi connectivity index (χ2v) is 11.0. The number of fused-ring (bicyclic) bond motifs is 1. The van der Waals surface area contributed by atoms with E-state index in [1.165, 1.54) is 41.7 Å². The number of pyridine rings is 1. The molecule has 0 spiro atoms. The Bertz CT molecular complexity index is 1330. The number of nitrogens with one attached hydrogen (secondary N) is 1. The quantitative estimate of drug-likeness (QED) is 0.561. The van der Waals surface area contributed by atoms with E-state index in [1.807, 2.05) is 0 Å². The van der Waals surface area contributed by atoms with Gasteiger partial charge in [0.2, 0.25) is 5.91 Å². The fourth-order valence-corrected chi connectivity index (χ4v) is 5.07. The largest absolute Gasteiger partial charge is 0.309 e. The van der Waals surface area contributed by atoms with Crippen LogP contribution in [0.4, 0.5) is 5.82 Å². The lowest BCUT2D eigenvalue weighted by molar-refractivity contribution is -0.120. The fraction of sp³-hybridized carbons (Fsp3) is 0.391. The van der Waals surface area contributed by atoms with Crippen LogP contribution in [-0.4, -0.2) is 35.1 Å². The highest BCUT2D eigenvalue weighted by molar-refractivity contribution is 7.90. The Labute approximate surface area is 196 Å². The fourth-order valence-electron chi connectivity index (χ4n) is 4.31. The summed E-state index contributed by atoms with van der Waals surface area (Å²) in [4.78, 5) is 35.2. The van der Waals surface area contributed by atoms with Crippen molar-refractivity contribution in [3.05, 3.63) is 58.2 Å². The molecule has 33 heavy (non-hydrogen) atoms. The molecule has 0 saturated heterocycles. The van der Waals surface area contributed by atoms with Crippen LogP contribution < -0.4 is 10.9 Å². The molecular formula is C23H25ClN4O4S. The lowest BCUT2D eigenvalue weighted by Gasteiger charge is -2.27. The first-order valence-corrected chi connectivity index (χ1v) is 13.1. The number of carbonyl (C=O) groups is 1. The van der Waals surface area contributed by atoms with Crippen molar-refractivity contribution in [2.24, 2.45) is 5.92 Å². The predicted octanol–water partition coefficient (Wildman–Crippen LogP) is 4.00. The molecule has 1 unspecified atom stereocenters. The van der Waals surface area contributed by atoms with Crippen molar-refractivity contribution < 1.29 is 13.2 Å². The monoisotopic (exact) mass is 488 g/mol. The molecule has 1 aromatic carbocycles. The zero-order valence-electron chi connectivity index (χ0n) is 18.2. The third kappa shape index (κ3) is 5.42. The van der Waals surface area contributed by atoms with Crippen molar-refractivity contribution in [1.82, 2.24) is 14.5 Å². The van der Waals surface area contributed by atoms with Gasteiger partial charge >= 0.3 is 0 Å². The maximum atomic E-state index is 13.4. The van der Waals surface area contributed by atoms with Crippen molar-refractivity contribution >= 4 is 44.1 Å². The zero-order valence-corrected chi connectivity index (χ0v) is 19.8. The minimum Gasteiger partial charge on any atom is -0.309 e. The highest BCUT2D eigenvalue weighted by atomic mass is 35.5. The number of hydrogen-bond acceptors (Lipinski definition) is 6. The zero-order chi connectivity index (χ0) is 23.6. The van der Waals surface area contributed by atoms with Gasteiger partial charge in [-0.2, -0.15) is 0 Å². The number of sulfone groups is 1. The van der Waals surface area contributed by atoms with Gasteiger partial charge in [0, 0.05) is 12.5 Å². The molecule has 1 aliphatic rings. The topological polar surface area (TPSA) is 111 Å². The Kier molecular flexibility index (Phi) is 6.81. The highest BCUT2D eigenvalue weighted by Gasteiger charge is 2.28. The second kappa shape index (κ2) is 9.61. The van der Waals surface area contributed by atoms with Crippen LogP contribution in [0.2, 0.25) is 5.02 Å². The molecule has 1 N–H and O–H groups in total. The second-order valence-electron chi connectivity index (χ2n) is 8.51. The number of benzene rings is 1. The summed E-state index contributed by atoms with van der Waals surface area (Å²) in [6, 6.07) is 6.66. The van der Waals surface area contributed by atoms with E-state index in [0.717, 1.165) is 31.9 Å². The number of anilines is 1. The summed E-state index contributed by atoms with van der Waals surface area (Å²) < 4.78 is 25.3. The molecule has 3 aromatic rings. The molecular weight excluding hydrogens is 464 g/mol. The molecule has 174 valence electrons. The Morgan fingerprint density at radius 2 is 1.94 bits per heavy atom. The SMILES string of the molecule is CS(=O)(=O)c1ccc2ncn(C(CC3CCCCC3)C(=O)Nc3ccc(Cl)cn3)c(=O)c2c1. The molecule has 2 aromatic heterocycles. The van der Waals surface area contributed by atoms with E-state index in [2.05, 4.69) is 15.3 Å². The van der Waals surface area contributed by atoms with Gasteiger partial charge in [0.05, 0.1) is 27.1 Å². The van der Waals surface area contributed by atoms with Crippen molar-refractivity contribution in [1.29, 1.82) is 0 Å². The van der Waals surface area contributed by atoms with Gasteiger partial charge in [-0.3, -0.25) is 14.2 Å². The molecule has 2 heterocycles. The molecule has 0 aliphatic heterocycles. The number of hydrogen-bond donors (Lipinski definition) is 1. The first-order chi connectivity index (χ1) is 15.7. The smallest absolute Gasteiger partial charge is 0.261 e. The van der Waals surface area contributed by atoms with Gasteiger partial charge in [0.25, 0.3) is 5.56 Å². The summed E-state index contributed by atoms with van der Waals surface area (Å²) in [5, 5.41) is 3.38. The molecule has 1 amide bonds. The van der Waals surface area contributed by atoms with Gasteiger partial charge < -0.3 is 5.32 Å². The van der Waals surface area contributed by atoms with Crippen LogP contribution >= 0.6 is 11.6 Å². The molecule has 8 nitrogen and oxygen atoms in total. The molecule has 4 rings (SSSR count). The van der Waals surface area contributed by atoms with Gasteiger partial charge in [0.1, 0.15) is 11.9 Å². The number of nitrogens with zero attached hydrogens (tertiary/aromatic N) is 3. The summed E-state index contributed by atoms with van der Waals surface area (Å²) in [5.74, 6) is 0.259. The molecule has 1 saturated carbocycles. The summed E-state index contributed by atoms with van der Waals surface area (Å²) in [6.45, 7) is 0. The van der Waals surface area contributed by atoms with Crippen LogP contribution in [0.3, 0.4) is 0 Å². The van der Waals surface area contributed by atoms with E-state index < -0.39 is 21.4 Å². The summed E-state index contributed by atoms with van der Waals surface area (Å²) in [6.07, 6.45) is 9.74. The van der Waals surface area contributed by atoms with Crippen molar-refractivity contribution in [2.45, 2.75) is 49.5 Å². The summed E-state index contributed by atoms with van der Waals surface area (Å²) >= 11 is 5.88. The third-order valence-corrected chi connectivity index (χ3v) is 7.41. The van der Waals surface area contributed by atoms with Gasteiger partial charge in [0.15, 0.2) is 9.84 Å². The number of carbonyl (C=O) groups excluding carboxylic acids is 1. The van der Waals surface area contributed by atoms with Crippen LogP contribution in [0.15, 0.2) is 52.5 Å². The third-order valence-electron chi connectivity index (χ3n) is 6.08. The van der Waals surface area contributed by atoms with Crippen LogP contribution in [0.5, 0.6) is 0 Å². The maximum absolute atomic E-state index is 13.4. The standard InChI is InChI=1S/C23H25ClN4O4S/c1-33(31,32)17-8-9-19-18(12-17)23(30)28(14-26-19)20(11-15-5-3-2-4-6-15)22(29)27-21-10-7-16(24)13-25-21/h7-10,12-15,20H,2-6,11H2,1H3,(H,25,27,29). The van der Waals surface area contributed by atoms with E-state index in [-0.39, 0.29) is 16.2 Å². The first-order valence-electron chi connectivity index (χ1n) is 10.9. The van der Waals surface area contributed by atoms with Crippen molar-refractivity contribution in [3.63, 3.8) is 0 Å². The van der Waals surface area contributed by atoms with E-state index in [1.54, 1.807) is 12.1 Å². The molecule has 10 heteroatoms. The average Bonchev–Trinajstić information content (AvgIpc) is 2.79. The lowest BCUT2D eigenvalue weighted by Crippen LogP contribution is -2.35. The van der Waals surface area contributed by atoms with E-state index in [0.29, 0.717) is 28.7 Å². The van der Waals surface area contributed by atoms with Crippen LogP contribution in [0, 0.1) is 5.92 Å². The molecule has 0 bridgehead atoms. The van der Waals surface area contributed by atoms with Crippen molar-refractivity contribution in [2.75, 3.05) is 11.6 Å². The summed E-state index contributed by atoms with van der Waals surface area (Å²) in [7, 11) is -3.50.